The maximum Gasteiger partial charge on any atom is 0.329 e. The Morgan fingerprint density at radius 3 is 3.05 bits per heavy atom. The summed E-state index contributed by atoms with van der Waals surface area (Å²) in [6.07, 6.45) is 0.887. The zero-order valence-electron chi connectivity index (χ0n) is 11.7. The lowest BCUT2D eigenvalue weighted by molar-refractivity contribution is -0.146. The molecule has 1 aromatic heterocycles. The van der Waals surface area contributed by atoms with Crippen molar-refractivity contribution in [2.45, 2.75) is 19.4 Å². The summed E-state index contributed by atoms with van der Waals surface area (Å²) in [4.78, 5) is 15.4. The largest absolute Gasteiger partial charge is 0.497 e. The van der Waals surface area contributed by atoms with E-state index in [1.165, 1.54) is 5.56 Å². The van der Waals surface area contributed by atoms with Crippen LogP contribution >= 0.6 is 0 Å². The van der Waals surface area contributed by atoms with Gasteiger partial charge in [-0.3, -0.25) is 5.32 Å². The normalized spacial score (nSPS) is 17.8. The highest BCUT2D eigenvalue weighted by molar-refractivity contribution is 5.89. The molecule has 0 aliphatic carbocycles. The maximum absolute atomic E-state index is 12.0. The van der Waals surface area contributed by atoms with Crippen LogP contribution in [-0.4, -0.2) is 31.2 Å². The predicted octanol–water partition coefficient (Wildman–Crippen LogP) is 1.93. The van der Waals surface area contributed by atoms with Gasteiger partial charge in [-0.2, -0.15) is 0 Å². The highest BCUT2D eigenvalue weighted by Gasteiger charge is 2.30. The molecule has 0 bridgehead atoms. The Kier molecular flexibility index (Phi) is 3.36. The van der Waals surface area contributed by atoms with Crippen LogP contribution in [0.25, 0.3) is 10.9 Å². The number of ether oxygens (including phenoxy) is 2. The van der Waals surface area contributed by atoms with E-state index in [9.17, 15) is 4.79 Å². The molecule has 106 valence electrons. The molecule has 0 saturated carbocycles. The zero-order valence-corrected chi connectivity index (χ0v) is 11.7. The van der Waals surface area contributed by atoms with E-state index in [1.54, 1.807) is 7.11 Å². The molecule has 0 spiro atoms. The second-order valence-corrected chi connectivity index (χ2v) is 4.82. The Bertz CT molecular complexity index is 648. The molecule has 1 unspecified atom stereocenters. The van der Waals surface area contributed by atoms with Crippen LogP contribution in [0, 0.1) is 0 Å². The number of aromatic amines is 1. The Morgan fingerprint density at radius 2 is 2.30 bits per heavy atom. The number of hydrogen-bond acceptors (Lipinski definition) is 4. The van der Waals surface area contributed by atoms with Crippen molar-refractivity contribution in [1.29, 1.82) is 0 Å². The first kappa shape index (κ1) is 13.0. The minimum atomic E-state index is -0.405. The van der Waals surface area contributed by atoms with E-state index in [4.69, 9.17) is 9.47 Å². The number of methoxy groups -OCH3 is 1. The third-order valence-corrected chi connectivity index (χ3v) is 3.68. The molecule has 2 N–H and O–H groups in total. The predicted molar refractivity (Wildman–Crippen MR) is 75.9 cm³/mol. The second kappa shape index (κ2) is 5.17. The number of esters is 1. The van der Waals surface area contributed by atoms with Gasteiger partial charge in [-0.05, 0) is 37.1 Å². The summed E-state index contributed by atoms with van der Waals surface area (Å²) in [5.74, 6) is 0.595. The van der Waals surface area contributed by atoms with E-state index in [2.05, 4.69) is 10.3 Å². The lowest BCUT2D eigenvalue weighted by Gasteiger charge is -2.22. The third kappa shape index (κ3) is 2.04. The first-order chi connectivity index (χ1) is 9.74. The van der Waals surface area contributed by atoms with E-state index in [-0.39, 0.29) is 5.97 Å². The average Bonchev–Trinajstić information content (AvgIpc) is 2.84. The van der Waals surface area contributed by atoms with Gasteiger partial charge in [0.2, 0.25) is 0 Å². The first-order valence-corrected chi connectivity index (χ1v) is 6.83. The van der Waals surface area contributed by atoms with Crippen LogP contribution < -0.4 is 10.1 Å². The number of H-pyrrole nitrogens is 1. The summed E-state index contributed by atoms with van der Waals surface area (Å²) in [5, 5.41) is 4.33. The van der Waals surface area contributed by atoms with Crippen LogP contribution in [0.5, 0.6) is 5.75 Å². The minimum absolute atomic E-state index is 0.230. The smallest absolute Gasteiger partial charge is 0.329 e. The topological polar surface area (TPSA) is 63.3 Å². The summed E-state index contributed by atoms with van der Waals surface area (Å²) in [7, 11) is 1.66. The molecular weight excluding hydrogens is 256 g/mol. The fraction of sp³-hybridized carbons (Fsp3) is 0.400. The van der Waals surface area contributed by atoms with Gasteiger partial charge in [-0.1, -0.05) is 0 Å². The molecule has 5 nitrogen and oxygen atoms in total. The molecule has 2 heterocycles. The molecule has 0 radical (unpaired) electrons. The highest BCUT2D eigenvalue weighted by atomic mass is 16.5. The lowest BCUT2D eigenvalue weighted by Crippen LogP contribution is -2.36. The summed E-state index contributed by atoms with van der Waals surface area (Å²) in [5.41, 5.74) is 3.11. The van der Waals surface area contributed by atoms with E-state index >= 15 is 0 Å². The van der Waals surface area contributed by atoms with Gasteiger partial charge in [0.1, 0.15) is 11.8 Å². The maximum atomic E-state index is 12.0. The van der Waals surface area contributed by atoms with Crippen molar-refractivity contribution in [3.05, 3.63) is 29.5 Å². The van der Waals surface area contributed by atoms with Gasteiger partial charge < -0.3 is 14.5 Å². The monoisotopic (exact) mass is 274 g/mol. The Balaban J connectivity index is 2.08. The summed E-state index contributed by atoms with van der Waals surface area (Å²) < 4.78 is 10.4. The van der Waals surface area contributed by atoms with Crippen molar-refractivity contribution in [2.75, 3.05) is 20.3 Å². The van der Waals surface area contributed by atoms with Crippen LogP contribution in [0.3, 0.4) is 0 Å². The Morgan fingerprint density at radius 1 is 1.45 bits per heavy atom. The molecule has 1 atom stereocenters. The van der Waals surface area contributed by atoms with Gasteiger partial charge in [-0.25, -0.2) is 4.79 Å². The first-order valence-electron chi connectivity index (χ1n) is 6.83. The van der Waals surface area contributed by atoms with Gasteiger partial charge in [0, 0.05) is 23.1 Å². The molecule has 1 aliphatic rings. The molecule has 1 aromatic carbocycles. The van der Waals surface area contributed by atoms with Crippen molar-refractivity contribution in [1.82, 2.24) is 10.3 Å². The van der Waals surface area contributed by atoms with Crippen LogP contribution in [-0.2, 0) is 16.0 Å². The zero-order chi connectivity index (χ0) is 14.1. The van der Waals surface area contributed by atoms with Gasteiger partial charge >= 0.3 is 5.97 Å². The summed E-state index contributed by atoms with van der Waals surface area (Å²) in [6, 6.07) is 5.50. The van der Waals surface area contributed by atoms with Gasteiger partial charge in [-0.15, -0.1) is 0 Å². The summed E-state index contributed by atoms with van der Waals surface area (Å²) >= 11 is 0. The Hall–Kier alpha value is -2.01. The van der Waals surface area contributed by atoms with Crippen molar-refractivity contribution in [3.8, 4) is 5.75 Å². The van der Waals surface area contributed by atoms with E-state index in [1.807, 2.05) is 25.1 Å². The van der Waals surface area contributed by atoms with Crippen LogP contribution in [0.2, 0.25) is 0 Å². The van der Waals surface area contributed by atoms with Crippen molar-refractivity contribution >= 4 is 16.9 Å². The van der Waals surface area contributed by atoms with Gasteiger partial charge in [0.25, 0.3) is 0 Å². The average molecular weight is 274 g/mol. The molecule has 2 aromatic rings. The van der Waals surface area contributed by atoms with Crippen molar-refractivity contribution < 1.29 is 14.3 Å². The number of carbonyl (C=O) groups excluding carboxylic acids is 1. The molecule has 20 heavy (non-hydrogen) atoms. The number of rotatable bonds is 3. The molecule has 0 fully saturated rings. The molecule has 0 amide bonds. The number of fused-ring (bicyclic) bond motifs is 3. The standard InChI is InChI=1S/C15H18N2O3/c1-3-20-15(18)14-13-10(6-7-16-14)11-8-9(19-2)4-5-12(11)17-13/h4-5,8,14,16-17H,3,6-7H2,1-2H3. The quantitative estimate of drug-likeness (QED) is 0.839. The lowest BCUT2D eigenvalue weighted by atomic mass is 9.99. The van der Waals surface area contributed by atoms with E-state index in [0.29, 0.717) is 6.61 Å². The number of hydrogen-bond donors (Lipinski definition) is 2. The van der Waals surface area contributed by atoms with E-state index < -0.39 is 6.04 Å². The number of benzene rings is 1. The van der Waals surface area contributed by atoms with Crippen molar-refractivity contribution in [2.24, 2.45) is 0 Å². The fourth-order valence-corrected chi connectivity index (χ4v) is 2.76. The van der Waals surface area contributed by atoms with Gasteiger partial charge in [0.05, 0.1) is 13.7 Å². The molecule has 5 heteroatoms. The Labute approximate surface area is 117 Å². The van der Waals surface area contributed by atoms with Crippen LogP contribution in [0.4, 0.5) is 0 Å². The number of carbonyl (C=O) groups is 1. The SMILES string of the molecule is CCOC(=O)C1NCCc2c1[nH]c1ccc(OC)cc21. The third-order valence-electron chi connectivity index (χ3n) is 3.68. The molecule has 1 aliphatic heterocycles. The molecule has 3 rings (SSSR count). The highest BCUT2D eigenvalue weighted by Crippen LogP contribution is 2.32. The van der Waals surface area contributed by atoms with Crippen LogP contribution in [0.1, 0.15) is 24.2 Å². The molecular formula is C15H18N2O3. The van der Waals surface area contributed by atoms with Gasteiger partial charge in [0.15, 0.2) is 0 Å². The summed E-state index contributed by atoms with van der Waals surface area (Å²) in [6.45, 7) is 2.97. The van der Waals surface area contributed by atoms with E-state index in [0.717, 1.165) is 35.3 Å². The minimum Gasteiger partial charge on any atom is -0.497 e. The molecule has 0 saturated heterocycles. The second-order valence-electron chi connectivity index (χ2n) is 4.82. The number of aromatic nitrogens is 1. The number of nitrogens with one attached hydrogen (secondary N) is 2. The van der Waals surface area contributed by atoms with Crippen molar-refractivity contribution in [3.63, 3.8) is 0 Å². The van der Waals surface area contributed by atoms with Crippen LogP contribution in [0.15, 0.2) is 18.2 Å². The fourth-order valence-electron chi connectivity index (χ4n) is 2.76.